The van der Waals surface area contributed by atoms with Crippen molar-refractivity contribution in [3.63, 3.8) is 0 Å². The minimum Gasteiger partial charge on any atom is -0.349 e. The van der Waals surface area contributed by atoms with Crippen molar-refractivity contribution in [3.8, 4) is 0 Å². The van der Waals surface area contributed by atoms with E-state index in [2.05, 4.69) is 5.32 Å². The lowest BCUT2D eigenvalue weighted by Crippen LogP contribution is -2.28. The van der Waals surface area contributed by atoms with E-state index in [1.54, 1.807) is 36.4 Å². The Kier molecular flexibility index (Phi) is 7.09. The highest BCUT2D eigenvalue weighted by Crippen LogP contribution is 2.23. The van der Waals surface area contributed by atoms with Crippen molar-refractivity contribution < 1.29 is 13.2 Å². The van der Waals surface area contributed by atoms with Crippen molar-refractivity contribution in [1.82, 2.24) is 5.32 Å². The minimum atomic E-state index is -3.23. The Bertz CT molecular complexity index is 880. The summed E-state index contributed by atoms with van der Waals surface area (Å²) in [4.78, 5) is 12.5. The van der Waals surface area contributed by atoms with E-state index >= 15 is 0 Å². The lowest BCUT2D eigenvalue weighted by atomic mass is 10.0. The molecule has 0 bridgehead atoms. The first-order valence-electron chi connectivity index (χ1n) is 8.24. The molecule has 0 aromatic heterocycles. The Hall–Kier alpha value is -1.56. The summed E-state index contributed by atoms with van der Waals surface area (Å²) in [6.45, 7) is 1.97. The zero-order chi connectivity index (χ0) is 19.3. The quantitative estimate of drug-likeness (QED) is 0.721. The van der Waals surface area contributed by atoms with Crippen LogP contribution < -0.4 is 5.32 Å². The number of hydrogen-bond donors (Lipinski definition) is 1. The molecule has 0 fully saturated rings. The highest BCUT2D eigenvalue weighted by Gasteiger charge is 2.14. The number of aryl methyl sites for hydroxylation is 1. The van der Waals surface area contributed by atoms with Crippen molar-refractivity contribution in [2.24, 2.45) is 0 Å². The van der Waals surface area contributed by atoms with Gasteiger partial charge in [-0.15, -0.1) is 0 Å². The van der Waals surface area contributed by atoms with Crippen LogP contribution in [0.3, 0.4) is 0 Å². The second kappa shape index (κ2) is 8.89. The number of amides is 1. The molecule has 2 aromatic rings. The Morgan fingerprint density at radius 1 is 1.08 bits per heavy atom. The molecule has 1 atom stereocenters. The van der Waals surface area contributed by atoms with Crippen LogP contribution in [0, 0.1) is 0 Å². The van der Waals surface area contributed by atoms with E-state index in [9.17, 15) is 13.2 Å². The minimum absolute atomic E-state index is 0.0740. The van der Waals surface area contributed by atoms with E-state index in [0.717, 1.165) is 11.1 Å². The Morgan fingerprint density at radius 2 is 1.73 bits per heavy atom. The molecule has 2 rings (SSSR count). The molecule has 0 heterocycles. The highest BCUT2D eigenvalue weighted by atomic mass is 35.5. The molecular weight excluding hydrogens is 393 g/mol. The molecule has 0 spiro atoms. The van der Waals surface area contributed by atoms with E-state index in [4.69, 9.17) is 23.2 Å². The maximum atomic E-state index is 12.3. The normalized spacial score (nSPS) is 12.6. The lowest BCUT2D eigenvalue weighted by Gasteiger charge is -2.18. The summed E-state index contributed by atoms with van der Waals surface area (Å²) in [6.07, 6.45) is 2.77. The van der Waals surface area contributed by atoms with Gasteiger partial charge in [0, 0.05) is 12.7 Å². The number of carbonyl (C=O) groups is 1. The fourth-order valence-electron chi connectivity index (χ4n) is 2.59. The van der Waals surface area contributed by atoms with Crippen LogP contribution in [0.15, 0.2) is 47.4 Å². The third-order valence-electron chi connectivity index (χ3n) is 4.08. The average molecular weight is 414 g/mol. The van der Waals surface area contributed by atoms with Crippen LogP contribution in [0.5, 0.6) is 0 Å². The SMILES string of the molecule is CC[C@@H](NC(=O)CCc1ccc(Cl)c(Cl)c1)c1ccc(S(C)(=O)=O)cc1. The molecular formula is C19H21Cl2NO3S. The standard InChI is InChI=1S/C19H21Cl2NO3S/c1-3-18(14-6-8-15(9-7-14)26(2,24)25)22-19(23)11-5-13-4-10-16(20)17(21)12-13/h4,6-10,12,18H,3,5,11H2,1-2H3,(H,22,23)/t18-/m1/s1. The molecule has 7 heteroatoms. The zero-order valence-corrected chi connectivity index (χ0v) is 17.0. The molecule has 2 aromatic carbocycles. The van der Waals surface area contributed by atoms with Crippen LogP contribution >= 0.6 is 23.2 Å². The predicted molar refractivity (Wildman–Crippen MR) is 106 cm³/mol. The van der Waals surface area contributed by atoms with Crippen molar-refractivity contribution in [3.05, 3.63) is 63.6 Å². The summed E-state index contributed by atoms with van der Waals surface area (Å²) < 4.78 is 23.1. The van der Waals surface area contributed by atoms with Crippen molar-refractivity contribution in [2.75, 3.05) is 6.26 Å². The molecule has 4 nitrogen and oxygen atoms in total. The smallest absolute Gasteiger partial charge is 0.220 e. The van der Waals surface area contributed by atoms with Crippen molar-refractivity contribution in [1.29, 1.82) is 0 Å². The number of carbonyl (C=O) groups excluding carboxylic acids is 1. The monoisotopic (exact) mass is 413 g/mol. The molecule has 0 saturated heterocycles. The van der Waals surface area contributed by atoms with Gasteiger partial charge in [0.15, 0.2) is 9.84 Å². The largest absolute Gasteiger partial charge is 0.349 e. The van der Waals surface area contributed by atoms with E-state index < -0.39 is 9.84 Å². The van der Waals surface area contributed by atoms with Crippen LogP contribution in [0.1, 0.15) is 36.9 Å². The van der Waals surface area contributed by atoms with E-state index in [1.807, 2.05) is 13.0 Å². The maximum absolute atomic E-state index is 12.3. The summed E-state index contributed by atoms with van der Waals surface area (Å²) in [7, 11) is -3.23. The number of benzene rings is 2. The molecule has 0 saturated carbocycles. The van der Waals surface area contributed by atoms with Gasteiger partial charge in [-0.2, -0.15) is 0 Å². The molecule has 140 valence electrons. The first-order valence-corrected chi connectivity index (χ1v) is 10.9. The van der Waals surface area contributed by atoms with Gasteiger partial charge in [0.1, 0.15) is 0 Å². The number of rotatable bonds is 7. The Morgan fingerprint density at radius 3 is 2.27 bits per heavy atom. The van der Waals surface area contributed by atoms with Gasteiger partial charge in [-0.25, -0.2) is 8.42 Å². The molecule has 1 amide bonds. The van der Waals surface area contributed by atoms with E-state index in [1.165, 1.54) is 6.26 Å². The number of sulfone groups is 1. The topological polar surface area (TPSA) is 63.2 Å². The first-order chi connectivity index (χ1) is 12.2. The van der Waals surface area contributed by atoms with Gasteiger partial charge in [0.2, 0.25) is 5.91 Å². The van der Waals surface area contributed by atoms with Gasteiger partial charge in [-0.1, -0.05) is 48.3 Å². The van der Waals surface area contributed by atoms with Crippen LogP contribution in [-0.4, -0.2) is 20.6 Å². The first kappa shape index (κ1) is 20.7. The summed E-state index contributed by atoms with van der Waals surface area (Å²) >= 11 is 11.9. The number of halogens is 2. The Labute approximate surface area is 164 Å². The van der Waals surface area contributed by atoms with E-state index in [0.29, 0.717) is 29.3 Å². The molecule has 26 heavy (non-hydrogen) atoms. The molecule has 0 unspecified atom stereocenters. The van der Waals surface area contributed by atoms with Gasteiger partial charge < -0.3 is 5.32 Å². The van der Waals surface area contributed by atoms with Gasteiger partial charge in [0.25, 0.3) is 0 Å². The van der Waals surface area contributed by atoms with Gasteiger partial charge in [0.05, 0.1) is 21.0 Å². The summed E-state index contributed by atoms with van der Waals surface area (Å²) in [5.74, 6) is -0.0740. The van der Waals surface area contributed by atoms with E-state index in [-0.39, 0.29) is 16.8 Å². The summed E-state index contributed by atoms with van der Waals surface area (Å²) in [6, 6.07) is 11.8. The fourth-order valence-corrected chi connectivity index (χ4v) is 3.54. The Balaban J connectivity index is 1.98. The highest BCUT2D eigenvalue weighted by molar-refractivity contribution is 7.90. The number of hydrogen-bond acceptors (Lipinski definition) is 3. The molecule has 0 aliphatic rings. The second-order valence-electron chi connectivity index (χ2n) is 6.12. The molecule has 1 N–H and O–H groups in total. The summed E-state index contributed by atoms with van der Waals surface area (Å²) in [5.41, 5.74) is 1.82. The summed E-state index contributed by atoms with van der Waals surface area (Å²) in [5, 5.41) is 3.95. The molecule has 0 aliphatic heterocycles. The average Bonchev–Trinajstić information content (AvgIpc) is 2.60. The molecule has 0 aliphatic carbocycles. The fraction of sp³-hybridized carbons (Fsp3) is 0.316. The van der Waals surface area contributed by atoms with Crippen LogP contribution in [0.25, 0.3) is 0 Å². The second-order valence-corrected chi connectivity index (χ2v) is 8.95. The predicted octanol–water partition coefficient (Wildman–Crippen LogP) is 4.60. The lowest BCUT2D eigenvalue weighted by molar-refractivity contribution is -0.121. The van der Waals surface area contributed by atoms with Crippen LogP contribution in [0.2, 0.25) is 10.0 Å². The third-order valence-corrected chi connectivity index (χ3v) is 5.95. The zero-order valence-electron chi connectivity index (χ0n) is 14.6. The number of nitrogens with one attached hydrogen (secondary N) is 1. The third kappa shape index (κ3) is 5.73. The van der Waals surface area contributed by atoms with Crippen molar-refractivity contribution in [2.45, 2.75) is 37.1 Å². The molecule has 0 radical (unpaired) electrons. The van der Waals surface area contributed by atoms with Crippen LogP contribution in [-0.2, 0) is 21.1 Å². The maximum Gasteiger partial charge on any atom is 0.220 e. The van der Waals surface area contributed by atoms with Gasteiger partial charge in [-0.05, 0) is 48.2 Å². The van der Waals surface area contributed by atoms with Crippen molar-refractivity contribution >= 4 is 38.9 Å². The van der Waals surface area contributed by atoms with Gasteiger partial charge >= 0.3 is 0 Å². The van der Waals surface area contributed by atoms with Crippen LogP contribution in [0.4, 0.5) is 0 Å². The van der Waals surface area contributed by atoms with Gasteiger partial charge in [-0.3, -0.25) is 4.79 Å².